The fraction of sp³-hybridized carbons (Fsp3) is 0.417. The Hall–Kier alpha value is -2.61. The Morgan fingerprint density at radius 2 is 1.62 bits per heavy atom. The molecule has 2 unspecified atom stereocenters. The molecule has 32 heavy (non-hydrogen) atoms. The van der Waals surface area contributed by atoms with Crippen LogP contribution < -0.4 is 10.2 Å². The minimum atomic E-state index is -4.70. The molecule has 0 radical (unpaired) electrons. The van der Waals surface area contributed by atoms with E-state index in [4.69, 9.17) is 9.94 Å². The average Bonchev–Trinajstić information content (AvgIpc) is 2.77. The first-order valence-corrected chi connectivity index (χ1v) is 10.1. The van der Waals surface area contributed by atoms with Crippen LogP contribution in [-0.4, -0.2) is 24.7 Å². The zero-order valence-corrected chi connectivity index (χ0v) is 18.3. The summed E-state index contributed by atoms with van der Waals surface area (Å²) in [6.07, 6.45) is -5.39. The Labute approximate surface area is 184 Å². The first-order valence-electron chi connectivity index (χ1n) is 10.1. The number of hydrogen-bond acceptors (Lipinski definition) is 3. The van der Waals surface area contributed by atoms with Gasteiger partial charge in [-0.3, -0.25) is 19.5 Å². The maximum atomic E-state index is 13.9. The highest BCUT2D eigenvalue weighted by Gasteiger charge is 2.51. The summed E-state index contributed by atoms with van der Waals surface area (Å²) in [5, 5.41) is 8.95. The number of ether oxygens (including phenoxy) is 1. The van der Waals surface area contributed by atoms with Crippen molar-refractivity contribution in [2.75, 3.05) is 13.3 Å². The lowest BCUT2D eigenvalue weighted by atomic mass is 9.74. The first-order chi connectivity index (χ1) is 14.9. The number of halogens is 5. The Kier molecular flexibility index (Phi) is 7.93. The van der Waals surface area contributed by atoms with Gasteiger partial charge in [0.1, 0.15) is 18.2 Å². The lowest BCUT2D eigenvalue weighted by Crippen LogP contribution is -2.39. The second kappa shape index (κ2) is 9.90. The van der Waals surface area contributed by atoms with Crippen LogP contribution in [0.15, 0.2) is 49.0 Å². The standard InChI is InChI=1S/C24H28F5NO2/c1-16-13-18(17(2)30-31)5-10-21(16)32-20-8-6-19(7-9-20)22(3,14-25)11-12-23(4,15-26)24(27,28)29/h5-10,13,30-31H,2,11-12,14-15H2,1,3-4H3. The SMILES string of the molecule is C=C(NO)c1ccc(Oc2ccc(C(C)(CF)CCC(C)(CF)C(F)(F)F)cc2)c(C)c1. The minimum Gasteiger partial charge on any atom is -0.457 e. The molecule has 2 rings (SSSR count). The van der Waals surface area contributed by atoms with Gasteiger partial charge in [-0.05, 0) is 73.7 Å². The summed E-state index contributed by atoms with van der Waals surface area (Å²) in [4.78, 5) is 0. The number of benzene rings is 2. The Bertz CT molecular complexity index is 929. The molecule has 176 valence electrons. The van der Waals surface area contributed by atoms with Crippen LogP contribution >= 0.6 is 0 Å². The van der Waals surface area contributed by atoms with Crippen LogP contribution in [0.1, 0.15) is 43.4 Å². The van der Waals surface area contributed by atoms with Gasteiger partial charge in [-0.2, -0.15) is 13.2 Å². The molecule has 0 aliphatic rings. The summed E-state index contributed by atoms with van der Waals surface area (Å²) in [5.74, 6) is 1.03. The van der Waals surface area contributed by atoms with Gasteiger partial charge >= 0.3 is 6.18 Å². The second-order valence-corrected chi connectivity index (χ2v) is 8.58. The molecule has 8 heteroatoms. The Balaban J connectivity index is 2.17. The summed E-state index contributed by atoms with van der Waals surface area (Å²) in [7, 11) is 0. The molecule has 2 atom stereocenters. The van der Waals surface area contributed by atoms with E-state index in [-0.39, 0.29) is 6.42 Å². The van der Waals surface area contributed by atoms with Crippen LogP contribution in [0.3, 0.4) is 0 Å². The topological polar surface area (TPSA) is 41.5 Å². The van der Waals surface area contributed by atoms with Gasteiger partial charge in [-0.25, -0.2) is 0 Å². The molecule has 0 aliphatic carbocycles. The Morgan fingerprint density at radius 3 is 2.09 bits per heavy atom. The summed E-state index contributed by atoms with van der Waals surface area (Å²) in [5.41, 5.74) is 0.610. The minimum absolute atomic E-state index is 0.160. The van der Waals surface area contributed by atoms with Crippen molar-refractivity contribution in [3.8, 4) is 11.5 Å². The zero-order valence-electron chi connectivity index (χ0n) is 18.3. The van der Waals surface area contributed by atoms with Gasteiger partial charge < -0.3 is 4.74 Å². The molecule has 3 nitrogen and oxygen atoms in total. The summed E-state index contributed by atoms with van der Waals surface area (Å²) in [6.45, 7) is 5.42. The first kappa shape index (κ1) is 25.6. The average molecular weight is 457 g/mol. The fourth-order valence-corrected chi connectivity index (χ4v) is 3.19. The third-order valence-electron chi connectivity index (χ3n) is 5.94. The molecule has 0 bridgehead atoms. The number of rotatable bonds is 10. The quantitative estimate of drug-likeness (QED) is 0.291. The monoisotopic (exact) mass is 457 g/mol. The smallest absolute Gasteiger partial charge is 0.396 e. The van der Waals surface area contributed by atoms with Crippen molar-refractivity contribution in [3.05, 3.63) is 65.7 Å². The van der Waals surface area contributed by atoms with E-state index < -0.39 is 36.8 Å². The molecule has 0 aromatic heterocycles. The molecular formula is C24H28F5NO2. The van der Waals surface area contributed by atoms with Gasteiger partial charge in [-0.15, -0.1) is 0 Å². The molecule has 2 aromatic carbocycles. The predicted octanol–water partition coefficient (Wildman–Crippen LogP) is 7.28. The molecule has 2 aromatic rings. The van der Waals surface area contributed by atoms with Crippen molar-refractivity contribution >= 4 is 5.70 Å². The highest BCUT2D eigenvalue weighted by atomic mass is 19.4. The van der Waals surface area contributed by atoms with E-state index in [2.05, 4.69) is 6.58 Å². The Morgan fingerprint density at radius 1 is 1.00 bits per heavy atom. The largest absolute Gasteiger partial charge is 0.457 e. The number of nitrogens with one attached hydrogen (secondary N) is 1. The van der Waals surface area contributed by atoms with E-state index in [0.29, 0.717) is 28.3 Å². The summed E-state index contributed by atoms with van der Waals surface area (Å²) < 4.78 is 72.5. The number of alkyl halides is 5. The highest BCUT2D eigenvalue weighted by molar-refractivity contribution is 5.62. The van der Waals surface area contributed by atoms with Crippen LogP contribution in [0, 0.1) is 12.3 Å². The summed E-state index contributed by atoms with van der Waals surface area (Å²) >= 11 is 0. The number of hydroxylamine groups is 1. The molecule has 0 heterocycles. The van der Waals surface area contributed by atoms with Crippen molar-refractivity contribution in [1.29, 1.82) is 0 Å². The third-order valence-corrected chi connectivity index (χ3v) is 5.94. The molecule has 0 amide bonds. The molecule has 0 saturated heterocycles. The molecule has 0 saturated carbocycles. The van der Waals surface area contributed by atoms with E-state index in [0.717, 1.165) is 12.5 Å². The summed E-state index contributed by atoms with van der Waals surface area (Å²) in [6, 6.07) is 11.6. The van der Waals surface area contributed by atoms with Crippen molar-refractivity contribution in [3.63, 3.8) is 0 Å². The second-order valence-electron chi connectivity index (χ2n) is 8.58. The van der Waals surface area contributed by atoms with Gasteiger partial charge in [-0.1, -0.05) is 25.6 Å². The van der Waals surface area contributed by atoms with E-state index in [1.807, 2.05) is 12.4 Å². The normalized spacial score (nSPS) is 15.5. The van der Waals surface area contributed by atoms with Crippen LogP contribution in [0.5, 0.6) is 11.5 Å². The van der Waals surface area contributed by atoms with Crippen LogP contribution in [0.4, 0.5) is 22.0 Å². The van der Waals surface area contributed by atoms with Crippen molar-refractivity contribution in [2.45, 2.75) is 45.2 Å². The fourth-order valence-electron chi connectivity index (χ4n) is 3.19. The van der Waals surface area contributed by atoms with E-state index in [9.17, 15) is 22.0 Å². The predicted molar refractivity (Wildman–Crippen MR) is 114 cm³/mol. The van der Waals surface area contributed by atoms with Crippen molar-refractivity contribution < 1.29 is 31.9 Å². The van der Waals surface area contributed by atoms with Gasteiger partial charge in [0.05, 0.1) is 17.8 Å². The maximum Gasteiger partial charge on any atom is 0.396 e. The number of aryl methyl sites for hydroxylation is 1. The molecular weight excluding hydrogens is 429 g/mol. The van der Waals surface area contributed by atoms with E-state index in [1.165, 1.54) is 6.92 Å². The van der Waals surface area contributed by atoms with Gasteiger partial charge in [0.15, 0.2) is 0 Å². The molecule has 0 spiro atoms. The van der Waals surface area contributed by atoms with Crippen LogP contribution in [0.25, 0.3) is 5.70 Å². The van der Waals surface area contributed by atoms with Gasteiger partial charge in [0, 0.05) is 5.41 Å². The van der Waals surface area contributed by atoms with Crippen LogP contribution in [0.2, 0.25) is 0 Å². The molecule has 0 aliphatic heterocycles. The lowest BCUT2D eigenvalue weighted by molar-refractivity contribution is -0.226. The number of hydrogen-bond donors (Lipinski definition) is 2. The van der Waals surface area contributed by atoms with E-state index >= 15 is 0 Å². The highest BCUT2D eigenvalue weighted by Crippen LogP contribution is 2.45. The van der Waals surface area contributed by atoms with Crippen molar-refractivity contribution in [1.82, 2.24) is 5.48 Å². The van der Waals surface area contributed by atoms with E-state index in [1.54, 1.807) is 42.5 Å². The van der Waals surface area contributed by atoms with Gasteiger partial charge in [0.25, 0.3) is 0 Å². The maximum absolute atomic E-state index is 13.9. The molecule has 2 N–H and O–H groups in total. The van der Waals surface area contributed by atoms with Gasteiger partial charge in [0.2, 0.25) is 0 Å². The van der Waals surface area contributed by atoms with Crippen LogP contribution in [-0.2, 0) is 5.41 Å². The zero-order chi connectivity index (χ0) is 24.2. The third kappa shape index (κ3) is 5.59. The lowest BCUT2D eigenvalue weighted by Gasteiger charge is -2.34. The van der Waals surface area contributed by atoms with Crippen molar-refractivity contribution in [2.24, 2.45) is 5.41 Å². The molecule has 0 fully saturated rings.